The summed E-state index contributed by atoms with van der Waals surface area (Å²) in [5, 5.41) is 5.32. The molecule has 1 aliphatic rings. The maximum Gasteiger partial charge on any atom is 0.339 e. The van der Waals surface area contributed by atoms with E-state index in [9.17, 15) is 18.0 Å². The Labute approximate surface area is 196 Å². The van der Waals surface area contributed by atoms with Crippen LogP contribution in [-0.4, -0.2) is 49.4 Å². The van der Waals surface area contributed by atoms with Crippen LogP contribution in [-0.2, 0) is 19.4 Å². The number of sulfone groups is 1. The Balaban J connectivity index is 1.42. The topological polar surface area (TPSA) is 102 Å². The zero-order valence-corrected chi connectivity index (χ0v) is 19.0. The van der Waals surface area contributed by atoms with E-state index in [1.807, 2.05) is 60.7 Å². The number of rotatable bonds is 5. The average Bonchev–Trinajstić information content (AvgIpc) is 3.19. The summed E-state index contributed by atoms with van der Waals surface area (Å²) in [5.41, 5.74) is 2.46. The lowest BCUT2D eigenvalue weighted by atomic mass is 9.99. The van der Waals surface area contributed by atoms with Crippen molar-refractivity contribution in [1.82, 2.24) is 10.3 Å². The molecule has 1 aliphatic heterocycles. The van der Waals surface area contributed by atoms with Crippen molar-refractivity contribution in [2.24, 2.45) is 0 Å². The van der Waals surface area contributed by atoms with E-state index in [0.29, 0.717) is 28.6 Å². The fraction of sp³-hybridized carbons (Fsp3) is 0.192. The fourth-order valence-electron chi connectivity index (χ4n) is 4.32. The highest BCUT2D eigenvalue weighted by Gasteiger charge is 2.29. The molecular formula is C26H22N2O5S. The molecule has 0 bridgehead atoms. The molecule has 0 unspecified atom stereocenters. The van der Waals surface area contributed by atoms with Gasteiger partial charge in [-0.25, -0.2) is 18.2 Å². The van der Waals surface area contributed by atoms with E-state index in [2.05, 4.69) is 5.32 Å². The Morgan fingerprint density at radius 1 is 0.971 bits per heavy atom. The molecular weight excluding hydrogens is 452 g/mol. The van der Waals surface area contributed by atoms with Crippen LogP contribution in [0.3, 0.4) is 0 Å². The summed E-state index contributed by atoms with van der Waals surface area (Å²) in [6.45, 7) is -0.490. The number of para-hydroxylation sites is 1. The van der Waals surface area contributed by atoms with Gasteiger partial charge in [-0.2, -0.15) is 0 Å². The molecule has 34 heavy (non-hydrogen) atoms. The van der Waals surface area contributed by atoms with Gasteiger partial charge in [-0.15, -0.1) is 0 Å². The third-order valence-electron chi connectivity index (χ3n) is 5.93. The van der Waals surface area contributed by atoms with Gasteiger partial charge < -0.3 is 10.1 Å². The van der Waals surface area contributed by atoms with Crippen molar-refractivity contribution >= 4 is 43.4 Å². The number of hydrogen-bond acceptors (Lipinski definition) is 6. The van der Waals surface area contributed by atoms with Gasteiger partial charge in [-0.1, -0.05) is 60.7 Å². The zero-order chi connectivity index (χ0) is 23.7. The molecule has 1 saturated heterocycles. The molecule has 1 amide bonds. The molecule has 3 aromatic carbocycles. The highest BCUT2D eigenvalue weighted by Crippen LogP contribution is 2.30. The first-order chi connectivity index (χ1) is 16.4. The van der Waals surface area contributed by atoms with E-state index in [1.165, 1.54) is 0 Å². The Hall–Kier alpha value is -3.78. The van der Waals surface area contributed by atoms with Gasteiger partial charge in [0.1, 0.15) is 0 Å². The third kappa shape index (κ3) is 4.49. The fourth-order valence-corrected chi connectivity index (χ4v) is 5.99. The Bertz CT molecular complexity index is 1530. The van der Waals surface area contributed by atoms with E-state index < -0.39 is 34.4 Å². The number of ether oxygens (including phenoxy) is 1. The minimum absolute atomic E-state index is 0.0533. The minimum Gasteiger partial charge on any atom is -0.452 e. The number of carbonyl (C=O) groups is 2. The monoisotopic (exact) mass is 474 g/mol. The largest absolute Gasteiger partial charge is 0.452 e. The lowest BCUT2D eigenvalue weighted by Gasteiger charge is -2.13. The molecule has 1 fully saturated rings. The van der Waals surface area contributed by atoms with Crippen LogP contribution in [0.15, 0.2) is 72.8 Å². The van der Waals surface area contributed by atoms with E-state index in [4.69, 9.17) is 9.72 Å². The molecule has 172 valence electrons. The summed E-state index contributed by atoms with van der Waals surface area (Å²) in [6.07, 6.45) is 0.366. The number of aromatic nitrogens is 1. The molecule has 7 nitrogen and oxygen atoms in total. The number of fused-ring (bicyclic) bond motifs is 2. The molecule has 0 spiro atoms. The highest BCUT2D eigenvalue weighted by atomic mass is 32.2. The van der Waals surface area contributed by atoms with Crippen LogP contribution in [0.25, 0.3) is 32.9 Å². The van der Waals surface area contributed by atoms with Crippen LogP contribution in [0, 0.1) is 0 Å². The van der Waals surface area contributed by atoms with Gasteiger partial charge in [0.15, 0.2) is 16.4 Å². The maximum atomic E-state index is 13.0. The standard InChI is InChI=1S/C26H22N2O5S/c29-25(27-18-12-13-34(31,32)16-18)15-33-26(30)22-14-24(28-23-11-4-3-9-21(22)23)20-10-5-7-17-6-1-2-8-19(17)20/h1-11,14,18H,12-13,15-16H2,(H,27,29)/t18-/m0/s1. The SMILES string of the molecule is O=C(COC(=O)c1cc(-c2cccc3ccccc23)nc2ccccc12)N[C@H]1CCS(=O)(=O)C1. The van der Waals surface area contributed by atoms with E-state index in [-0.39, 0.29) is 11.5 Å². The van der Waals surface area contributed by atoms with Crippen molar-refractivity contribution in [3.8, 4) is 11.3 Å². The predicted molar refractivity (Wildman–Crippen MR) is 130 cm³/mol. The van der Waals surface area contributed by atoms with E-state index in [1.54, 1.807) is 12.1 Å². The number of pyridine rings is 1. The normalized spacial score (nSPS) is 17.0. The average molecular weight is 475 g/mol. The third-order valence-corrected chi connectivity index (χ3v) is 7.70. The molecule has 8 heteroatoms. The van der Waals surface area contributed by atoms with Crippen LogP contribution >= 0.6 is 0 Å². The summed E-state index contributed by atoms with van der Waals surface area (Å²) in [6, 6.07) is 22.4. The number of nitrogens with zero attached hydrogens (tertiary/aromatic N) is 1. The van der Waals surface area contributed by atoms with Gasteiger partial charge in [-0.3, -0.25) is 4.79 Å². The molecule has 1 atom stereocenters. The molecule has 2 heterocycles. The summed E-state index contributed by atoms with van der Waals surface area (Å²) in [4.78, 5) is 30.0. The smallest absolute Gasteiger partial charge is 0.339 e. The van der Waals surface area contributed by atoms with Crippen LogP contribution in [0.1, 0.15) is 16.8 Å². The van der Waals surface area contributed by atoms with Crippen LogP contribution in [0.5, 0.6) is 0 Å². The van der Waals surface area contributed by atoms with Crippen molar-refractivity contribution in [2.45, 2.75) is 12.5 Å². The van der Waals surface area contributed by atoms with Gasteiger partial charge in [0.05, 0.1) is 28.3 Å². The first kappa shape index (κ1) is 22.0. The molecule has 1 aromatic heterocycles. The van der Waals surface area contributed by atoms with Crippen LogP contribution in [0.4, 0.5) is 0 Å². The van der Waals surface area contributed by atoms with Gasteiger partial charge in [-0.05, 0) is 29.3 Å². The number of esters is 1. The lowest BCUT2D eigenvalue weighted by molar-refractivity contribution is -0.124. The molecule has 4 aromatic rings. The lowest BCUT2D eigenvalue weighted by Crippen LogP contribution is -2.38. The molecule has 1 N–H and O–H groups in total. The number of hydrogen-bond donors (Lipinski definition) is 1. The van der Waals surface area contributed by atoms with Gasteiger partial charge in [0.2, 0.25) is 0 Å². The quantitative estimate of drug-likeness (QED) is 0.444. The van der Waals surface area contributed by atoms with Gasteiger partial charge in [0.25, 0.3) is 5.91 Å². The molecule has 0 radical (unpaired) electrons. The first-order valence-corrected chi connectivity index (χ1v) is 12.8. The van der Waals surface area contributed by atoms with Crippen molar-refractivity contribution < 1.29 is 22.7 Å². The Morgan fingerprint density at radius 2 is 1.71 bits per heavy atom. The summed E-state index contributed by atoms with van der Waals surface area (Å²) < 4.78 is 28.5. The Morgan fingerprint density at radius 3 is 2.50 bits per heavy atom. The second kappa shape index (κ2) is 8.87. The van der Waals surface area contributed by atoms with Crippen LogP contribution in [0.2, 0.25) is 0 Å². The number of benzene rings is 3. The number of carbonyl (C=O) groups excluding carboxylic acids is 2. The first-order valence-electron chi connectivity index (χ1n) is 10.9. The van der Waals surface area contributed by atoms with Crippen molar-refractivity contribution in [2.75, 3.05) is 18.1 Å². The second-order valence-corrected chi connectivity index (χ2v) is 10.6. The van der Waals surface area contributed by atoms with Crippen molar-refractivity contribution in [3.05, 3.63) is 78.4 Å². The zero-order valence-electron chi connectivity index (χ0n) is 18.2. The van der Waals surface area contributed by atoms with Gasteiger partial charge >= 0.3 is 5.97 Å². The van der Waals surface area contributed by atoms with Crippen LogP contribution < -0.4 is 5.32 Å². The Kier molecular flexibility index (Phi) is 5.75. The van der Waals surface area contributed by atoms with E-state index >= 15 is 0 Å². The van der Waals surface area contributed by atoms with Gasteiger partial charge in [0, 0.05) is 17.0 Å². The maximum absolute atomic E-state index is 13.0. The number of amides is 1. The minimum atomic E-state index is -3.12. The second-order valence-electron chi connectivity index (χ2n) is 8.34. The molecule has 0 saturated carbocycles. The predicted octanol–water partition coefficient (Wildman–Crippen LogP) is 3.52. The summed E-state index contributed by atoms with van der Waals surface area (Å²) in [7, 11) is -3.12. The van der Waals surface area contributed by atoms with Crippen molar-refractivity contribution in [3.63, 3.8) is 0 Å². The molecule has 5 rings (SSSR count). The highest BCUT2D eigenvalue weighted by molar-refractivity contribution is 7.91. The van der Waals surface area contributed by atoms with E-state index in [0.717, 1.165) is 16.3 Å². The summed E-state index contributed by atoms with van der Waals surface area (Å²) in [5.74, 6) is -1.20. The summed E-state index contributed by atoms with van der Waals surface area (Å²) >= 11 is 0. The molecule has 0 aliphatic carbocycles. The number of nitrogens with one attached hydrogen (secondary N) is 1. The van der Waals surface area contributed by atoms with Crippen molar-refractivity contribution in [1.29, 1.82) is 0 Å².